The van der Waals surface area contributed by atoms with Gasteiger partial charge < -0.3 is 9.64 Å². The molecule has 1 aliphatic carbocycles. The highest BCUT2D eigenvalue weighted by molar-refractivity contribution is 5.88. The zero-order chi connectivity index (χ0) is 15.5. The van der Waals surface area contributed by atoms with E-state index in [0.29, 0.717) is 12.5 Å². The number of carbonyl (C=O) groups excluding carboxylic acids is 1. The molecule has 1 N–H and O–H groups in total. The third-order valence-corrected chi connectivity index (χ3v) is 4.81. The van der Waals surface area contributed by atoms with Gasteiger partial charge in [0.1, 0.15) is 6.61 Å². The van der Waals surface area contributed by atoms with Gasteiger partial charge in [0, 0.05) is 6.54 Å². The molecule has 1 saturated carbocycles. The minimum absolute atomic E-state index is 0.0279. The zero-order valence-electron chi connectivity index (χ0n) is 12.9. The van der Waals surface area contributed by atoms with Crippen molar-refractivity contribution in [2.24, 2.45) is 5.92 Å². The second-order valence-corrected chi connectivity index (χ2v) is 6.28. The molecule has 1 aliphatic heterocycles. The van der Waals surface area contributed by atoms with E-state index in [4.69, 9.17) is 4.74 Å². The first-order chi connectivity index (χ1) is 9.98. The predicted octanol–water partition coefficient (Wildman–Crippen LogP) is 2.38. The predicted molar refractivity (Wildman–Crippen MR) is 76.1 cm³/mol. The highest BCUT2D eigenvalue weighted by atomic mass is 19.3. The molecule has 2 fully saturated rings. The number of amides is 1. The van der Waals surface area contributed by atoms with E-state index in [1.54, 1.807) is 0 Å². The summed E-state index contributed by atoms with van der Waals surface area (Å²) in [7, 11) is 0. The van der Waals surface area contributed by atoms with Gasteiger partial charge in [-0.3, -0.25) is 10.1 Å². The fourth-order valence-electron chi connectivity index (χ4n) is 3.38. The standard InChI is InChI=1S/C15H26F2N2O2/c1-3-15(2)14(20)19(8-9-21-10-12(16)17)13(18-15)11-6-4-5-7-11/h11-13,18H,3-10H2,1-2H3. The van der Waals surface area contributed by atoms with Crippen molar-refractivity contribution >= 4 is 5.91 Å². The average molecular weight is 304 g/mol. The molecule has 0 aromatic heterocycles. The van der Waals surface area contributed by atoms with E-state index in [-0.39, 0.29) is 18.7 Å². The SMILES string of the molecule is CCC1(C)NC(C2CCCC2)N(CCOCC(F)F)C1=O. The second kappa shape index (κ2) is 7.01. The summed E-state index contributed by atoms with van der Waals surface area (Å²) in [5, 5.41) is 3.48. The van der Waals surface area contributed by atoms with Crippen molar-refractivity contribution in [3.8, 4) is 0 Å². The molecule has 21 heavy (non-hydrogen) atoms. The Morgan fingerprint density at radius 2 is 2.10 bits per heavy atom. The molecule has 2 aliphatic rings. The van der Waals surface area contributed by atoms with Gasteiger partial charge in [0.15, 0.2) is 0 Å². The van der Waals surface area contributed by atoms with Crippen LogP contribution in [0.2, 0.25) is 0 Å². The van der Waals surface area contributed by atoms with Gasteiger partial charge >= 0.3 is 0 Å². The van der Waals surface area contributed by atoms with Crippen LogP contribution >= 0.6 is 0 Å². The lowest BCUT2D eigenvalue weighted by Crippen LogP contribution is -2.45. The van der Waals surface area contributed by atoms with E-state index in [2.05, 4.69) is 5.32 Å². The summed E-state index contributed by atoms with van der Waals surface area (Å²) in [4.78, 5) is 14.4. The quantitative estimate of drug-likeness (QED) is 0.734. The first kappa shape index (κ1) is 16.6. The second-order valence-electron chi connectivity index (χ2n) is 6.28. The number of carbonyl (C=O) groups is 1. The molecule has 0 spiro atoms. The molecule has 0 aromatic rings. The molecule has 0 bridgehead atoms. The summed E-state index contributed by atoms with van der Waals surface area (Å²) in [6, 6.07) is 0. The Kier molecular flexibility index (Phi) is 5.54. The number of nitrogens with one attached hydrogen (secondary N) is 1. The van der Waals surface area contributed by atoms with Crippen LogP contribution in [0.3, 0.4) is 0 Å². The number of hydrogen-bond acceptors (Lipinski definition) is 3. The lowest BCUT2D eigenvalue weighted by atomic mass is 9.99. The van der Waals surface area contributed by atoms with E-state index in [0.717, 1.165) is 19.3 Å². The van der Waals surface area contributed by atoms with Crippen molar-refractivity contribution in [3.63, 3.8) is 0 Å². The van der Waals surface area contributed by atoms with Gasteiger partial charge in [-0.2, -0.15) is 0 Å². The Morgan fingerprint density at radius 1 is 1.43 bits per heavy atom. The Morgan fingerprint density at radius 3 is 2.67 bits per heavy atom. The fourth-order valence-corrected chi connectivity index (χ4v) is 3.38. The summed E-state index contributed by atoms with van der Waals surface area (Å²) in [6.45, 7) is 3.91. The van der Waals surface area contributed by atoms with E-state index < -0.39 is 18.6 Å². The number of hydrogen-bond donors (Lipinski definition) is 1. The van der Waals surface area contributed by atoms with Gasteiger partial charge in [-0.15, -0.1) is 0 Å². The maximum atomic E-state index is 12.6. The van der Waals surface area contributed by atoms with Crippen molar-refractivity contribution in [2.75, 3.05) is 19.8 Å². The van der Waals surface area contributed by atoms with Gasteiger partial charge in [-0.25, -0.2) is 8.78 Å². The number of ether oxygens (including phenoxy) is 1. The van der Waals surface area contributed by atoms with Crippen LogP contribution in [-0.4, -0.2) is 48.7 Å². The molecule has 0 aromatic carbocycles. The summed E-state index contributed by atoms with van der Waals surface area (Å²) in [6.07, 6.45) is 2.96. The Balaban J connectivity index is 1.97. The minimum atomic E-state index is -2.45. The molecule has 2 unspecified atom stereocenters. The molecular weight excluding hydrogens is 278 g/mol. The van der Waals surface area contributed by atoms with E-state index in [1.165, 1.54) is 12.8 Å². The molecule has 2 rings (SSSR count). The summed E-state index contributed by atoms with van der Waals surface area (Å²) >= 11 is 0. The fraction of sp³-hybridized carbons (Fsp3) is 0.933. The van der Waals surface area contributed by atoms with Gasteiger partial charge in [-0.05, 0) is 32.1 Å². The Bertz CT molecular complexity index is 362. The normalized spacial score (nSPS) is 30.8. The van der Waals surface area contributed by atoms with Crippen LogP contribution in [0.25, 0.3) is 0 Å². The Hall–Kier alpha value is -0.750. The third kappa shape index (κ3) is 3.72. The molecular formula is C15H26F2N2O2. The highest BCUT2D eigenvalue weighted by Crippen LogP contribution is 2.35. The van der Waals surface area contributed by atoms with Crippen LogP contribution in [0.1, 0.15) is 46.0 Å². The van der Waals surface area contributed by atoms with Gasteiger partial charge in [-0.1, -0.05) is 19.8 Å². The lowest BCUT2D eigenvalue weighted by Gasteiger charge is -2.29. The van der Waals surface area contributed by atoms with Crippen molar-refractivity contribution in [2.45, 2.75) is 64.1 Å². The van der Waals surface area contributed by atoms with Crippen molar-refractivity contribution in [3.05, 3.63) is 0 Å². The molecule has 122 valence electrons. The van der Waals surface area contributed by atoms with Gasteiger partial charge in [0.2, 0.25) is 5.91 Å². The first-order valence-corrected chi connectivity index (χ1v) is 7.92. The molecule has 4 nitrogen and oxygen atoms in total. The van der Waals surface area contributed by atoms with E-state index in [9.17, 15) is 13.6 Å². The van der Waals surface area contributed by atoms with Gasteiger partial charge in [0.25, 0.3) is 6.43 Å². The van der Waals surface area contributed by atoms with Crippen LogP contribution in [0.5, 0.6) is 0 Å². The van der Waals surface area contributed by atoms with Gasteiger partial charge in [0.05, 0.1) is 18.3 Å². The van der Waals surface area contributed by atoms with E-state index >= 15 is 0 Å². The van der Waals surface area contributed by atoms with Crippen LogP contribution in [-0.2, 0) is 9.53 Å². The topological polar surface area (TPSA) is 41.6 Å². The zero-order valence-corrected chi connectivity index (χ0v) is 12.9. The summed E-state index contributed by atoms with van der Waals surface area (Å²) in [5.74, 6) is 0.542. The smallest absolute Gasteiger partial charge is 0.261 e. The number of nitrogens with zero attached hydrogens (tertiary/aromatic N) is 1. The number of alkyl halides is 2. The molecule has 6 heteroatoms. The maximum absolute atomic E-state index is 12.6. The average Bonchev–Trinajstić information content (AvgIpc) is 3.05. The lowest BCUT2D eigenvalue weighted by molar-refractivity contribution is -0.134. The van der Waals surface area contributed by atoms with Crippen molar-refractivity contribution in [1.82, 2.24) is 10.2 Å². The van der Waals surface area contributed by atoms with Crippen LogP contribution in [0.15, 0.2) is 0 Å². The number of rotatable bonds is 7. The molecule has 0 radical (unpaired) electrons. The molecule has 2 atom stereocenters. The Labute approximate surface area is 125 Å². The molecule has 1 heterocycles. The third-order valence-electron chi connectivity index (χ3n) is 4.81. The monoisotopic (exact) mass is 304 g/mol. The van der Waals surface area contributed by atoms with Crippen molar-refractivity contribution < 1.29 is 18.3 Å². The highest BCUT2D eigenvalue weighted by Gasteiger charge is 2.49. The van der Waals surface area contributed by atoms with Crippen LogP contribution < -0.4 is 5.32 Å². The first-order valence-electron chi connectivity index (χ1n) is 7.92. The summed E-state index contributed by atoms with van der Waals surface area (Å²) in [5.41, 5.74) is -0.532. The maximum Gasteiger partial charge on any atom is 0.261 e. The summed E-state index contributed by atoms with van der Waals surface area (Å²) < 4.78 is 29.1. The van der Waals surface area contributed by atoms with E-state index in [1.807, 2.05) is 18.7 Å². The largest absolute Gasteiger partial charge is 0.374 e. The minimum Gasteiger partial charge on any atom is -0.374 e. The molecule has 1 saturated heterocycles. The van der Waals surface area contributed by atoms with Crippen molar-refractivity contribution in [1.29, 1.82) is 0 Å². The number of halogens is 2. The van der Waals surface area contributed by atoms with Crippen LogP contribution in [0, 0.1) is 5.92 Å². The van der Waals surface area contributed by atoms with Crippen LogP contribution in [0.4, 0.5) is 8.78 Å². The molecule has 1 amide bonds.